The second-order valence-corrected chi connectivity index (χ2v) is 8.20. The first-order chi connectivity index (χ1) is 22.4. The molecule has 46 heavy (non-hydrogen) atoms. The number of terminal acetylenes is 1. The van der Waals surface area contributed by atoms with Crippen LogP contribution < -0.4 is 0 Å². The largest absolute Gasteiger partial charge is 0.361 e. The summed E-state index contributed by atoms with van der Waals surface area (Å²) in [6.07, 6.45) is 8.63. The van der Waals surface area contributed by atoms with Crippen LogP contribution in [0.3, 0.4) is 0 Å². The fourth-order valence-electron chi connectivity index (χ4n) is 3.64. The lowest BCUT2D eigenvalue weighted by Gasteiger charge is -2.06. The van der Waals surface area contributed by atoms with Crippen LogP contribution in [0.2, 0.25) is 0 Å². The molecular formula is C34H34N10O2. The monoisotopic (exact) mass is 614 g/mol. The Kier molecular flexibility index (Phi) is 14.7. The standard InChI is InChI=1S/C17H17N5O.C17H4.HN5O.6H2/c1-9-14(7-22(4)20-9)13-5-12(6-15-17(13)19-8-18-15)16-10(2)21-23-11(16)3;1-3-5-7-9-11-13-15-17-16-14-12-10-8-6-4-2;1-2-3-4-5-6;;;;;;/h5-8H,1-4H3,(H,18,19);1H,2H3;1H;6*1H/b;;2-1?,4-3+;;;;;;. The number of imidazole rings is 1. The molecule has 0 aliphatic rings. The summed E-state index contributed by atoms with van der Waals surface area (Å²) in [7, 11) is 1.93. The maximum absolute atomic E-state index is 8.91. The molecular weight excluding hydrogens is 580 g/mol. The zero-order valence-corrected chi connectivity index (χ0v) is 25.3. The summed E-state index contributed by atoms with van der Waals surface area (Å²) < 4.78 is 7.15. The molecule has 1 aromatic carbocycles. The molecule has 232 valence electrons. The molecule has 0 fully saturated rings. The van der Waals surface area contributed by atoms with E-state index in [1.807, 2.05) is 44.0 Å². The van der Waals surface area contributed by atoms with Gasteiger partial charge in [-0.3, -0.25) is 4.68 Å². The van der Waals surface area contributed by atoms with Crippen molar-refractivity contribution < 1.29 is 13.1 Å². The van der Waals surface area contributed by atoms with Gasteiger partial charge in [0.25, 0.3) is 0 Å². The maximum Gasteiger partial charge on any atom is 0.141 e. The van der Waals surface area contributed by atoms with Crippen LogP contribution in [0, 0.1) is 126 Å². The van der Waals surface area contributed by atoms with Gasteiger partial charge in [0.2, 0.25) is 0 Å². The number of H-pyrrole nitrogens is 1. The van der Waals surface area contributed by atoms with E-state index in [0.717, 1.165) is 50.4 Å². The van der Waals surface area contributed by atoms with Gasteiger partial charge in [0.1, 0.15) is 11.0 Å². The highest BCUT2D eigenvalue weighted by atomic mass is 16.5. The van der Waals surface area contributed by atoms with E-state index in [2.05, 4.69) is 137 Å². The molecule has 0 radical (unpaired) electrons. The average Bonchev–Trinajstić information content (AvgIpc) is 3.76. The van der Waals surface area contributed by atoms with Gasteiger partial charge in [0, 0.05) is 43.7 Å². The number of benzene rings is 1. The molecule has 4 rings (SSSR count). The van der Waals surface area contributed by atoms with Crippen molar-refractivity contribution in [2.75, 3.05) is 0 Å². The predicted molar refractivity (Wildman–Crippen MR) is 185 cm³/mol. The highest BCUT2D eigenvalue weighted by Gasteiger charge is 2.17. The van der Waals surface area contributed by atoms with Gasteiger partial charge in [-0.05, 0) is 139 Å². The first-order valence-electron chi connectivity index (χ1n) is 12.7. The van der Waals surface area contributed by atoms with Gasteiger partial charge in [-0.1, -0.05) is 11.1 Å². The van der Waals surface area contributed by atoms with Crippen LogP contribution in [-0.4, -0.2) is 24.9 Å². The lowest BCUT2D eigenvalue weighted by Crippen LogP contribution is -1.87. The SMILES string of the molecule is C#CC#CC#CC#CC#CC#CC#CC#CC.Cc1nn(C)cc1-c1cc(-c2c(C)noc2C)cc2[nH]cnc12.N=N/N=N/N=O.[HH].[HH].[HH].[HH].[HH].[HH]. The Bertz CT molecular complexity index is 2260. The van der Waals surface area contributed by atoms with Crippen molar-refractivity contribution in [1.29, 1.82) is 5.53 Å². The van der Waals surface area contributed by atoms with Crippen LogP contribution >= 0.6 is 0 Å². The number of hydrogen-bond donors (Lipinski definition) is 2. The van der Waals surface area contributed by atoms with E-state index in [1.165, 1.54) is 0 Å². The predicted octanol–water partition coefficient (Wildman–Crippen LogP) is 6.75. The fourth-order valence-corrected chi connectivity index (χ4v) is 3.64. The molecule has 12 nitrogen and oxygen atoms in total. The van der Waals surface area contributed by atoms with E-state index >= 15 is 0 Å². The van der Waals surface area contributed by atoms with Crippen molar-refractivity contribution in [3.8, 4) is 117 Å². The molecule has 3 heterocycles. The van der Waals surface area contributed by atoms with Crippen LogP contribution in [0.25, 0.3) is 33.3 Å². The third-order valence-corrected chi connectivity index (χ3v) is 5.22. The number of nitrogens with zero attached hydrogens (tertiary/aromatic N) is 8. The topological polar surface area (TPSA) is 163 Å². The molecule has 0 saturated carbocycles. The first kappa shape index (κ1) is 34.6. The molecule has 0 unspecified atom stereocenters. The van der Waals surface area contributed by atoms with Crippen molar-refractivity contribution in [3.63, 3.8) is 0 Å². The van der Waals surface area contributed by atoms with Crippen molar-refractivity contribution in [1.82, 2.24) is 24.9 Å². The molecule has 2 N–H and O–H groups in total. The second-order valence-electron chi connectivity index (χ2n) is 8.20. The Hall–Kier alpha value is -7.61. The lowest BCUT2D eigenvalue weighted by molar-refractivity contribution is 0.393. The zero-order valence-electron chi connectivity index (χ0n) is 25.3. The third kappa shape index (κ3) is 11.0. The molecule has 0 spiro atoms. The molecule has 0 bridgehead atoms. The van der Waals surface area contributed by atoms with Crippen LogP contribution in [0.5, 0.6) is 0 Å². The Labute approximate surface area is 274 Å². The molecule has 3 aromatic heterocycles. The van der Waals surface area contributed by atoms with Gasteiger partial charge in [0.15, 0.2) is 0 Å². The Morgan fingerprint density at radius 3 is 1.96 bits per heavy atom. The van der Waals surface area contributed by atoms with E-state index in [4.69, 9.17) is 21.4 Å². The number of nitroso groups, excluding NO2 is 1. The summed E-state index contributed by atoms with van der Waals surface area (Å²) in [5, 5.41) is 17.7. The van der Waals surface area contributed by atoms with Gasteiger partial charge < -0.3 is 9.51 Å². The number of fused-ring (bicyclic) bond motifs is 1. The minimum absolute atomic E-state index is 0. The van der Waals surface area contributed by atoms with Gasteiger partial charge >= 0.3 is 0 Å². The van der Waals surface area contributed by atoms with Gasteiger partial charge in [-0.15, -0.1) is 11.3 Å². The van der Waals surface area contributed by atoms with E-state index < -0.39 is 0 Å². The lowest BCUT2D eigenvalue weighted by atomic mass is 9.97. The molecule has 0 aliphatic carbocycles. The first-order valence-corrected chi connectivity index (χ1v) is 12.7. The highest BCUT2D eigenvalue weighted by molar-refractivity contribution is 5.96. The number of rotatable bonds is 4. The van der Waals surface area contributed by atoms with Gasteiger partial charge in [0.05, 0.1) is 28.7 Å². The molecule has 12 heteroatoms. The Morgan fingerprint density at radius 2 is 1.50 bits per heavy atom. The van der Waals surface area contributed by atoms with Crippen molar-refractivity contribution in [3.05, 3.63) is 46.7 Å². The quantitative estimate of drug-likeness (QED) is 0.112. The summed E-state index contributed by atoms with van der Waals surface area (Å²) in [6.45, 7) is 7.60. The normalized spacial score (nSPS) is 8.26. The van der Waals surface area contributed by atoms with Crippen LogP contribution in [-0.2, 0) is 7.05 Å². The Balaban J connectivity index is -0.000000229. The summed E-state index contributed by atoms with van der Waals surface area (Å²) in [6, 6.07) is 4.23. The summed E-state index contributed by atoms with van der Waals surface area (Å²) in [5.41, 5.74) is 13.9. The van der Waals surface area contributed by atoms with Gasteiger partial charge in [-0.2, -0.15) is 10.6 Å². The van der Waals surface area contributed by atoms with Gasteiger partial charge in [-0.25, -0.2) is 4.98 Å². The third-order valence-electron chi connectivity index (χ3n) is 5.22. The number of aryl methyl sites for hydroxylation is 4. The van der Waals surface area contributed by atoms with Crippen LogP contribution in [0.1, 0.15) is 32.6 Å². The minimum Gasteiger partial charge on any atom is -0.361 e. The smallest absolute Gasteiger partial charge is 0.141 e. The zero-order chi connectivity index (χ0) is 33.6. The summed E-state index contributed by atoms with van der Waals surface area (Å²) in [5.74, 6) is 37.7. The summed E-state index contributed by atoms with van der Waals surface area (Å²) in [4.78, 5) is 16.6. The molecule has 4 aromatic rings. The van der Waals surface area contributed by atoms with E-state index in [0.29, 0.717) is 0 Å². The highest BCUT2D eigenvalue weighted by Crippen LogP contribution is 2.36. The van der Waals surface area contributed by atoms with Crippen LogP contribution in [0.4, 0.5) is 0 Å². The van der Waals surface area contributed by atoms with Crippen molar-refractivity contribution in [2.45, 2.75) is 27.7 Å². The molecule has 0 amide bonds. The Morgan fingerprint density at radius 1 is 0.891 bits per heavy atom. The number of hydrogen-bond acceptors (Lipinski definition) is 6. The molecule has 0 atom stereocenters. The van der Waals surface area contributed by atoms with Crippen LogP contribution in [0.15, 0.2) is 50.1 Å². The average molecular weight is 615 g/mol. The second kappa shape index (κ2) is 19.5. The number of aromatic amines is 1. The maximum atomic E-state index is 8.91. The molecule has 0 aliphatic heterocycles. The minimum atomic E-state index is 0. The van der Waals surface area contributed by atoms with Crippen molar-refractivity contribution >= 4 is 11.0 Å². The fraction of sp³-hybridized carbons (Fsp3) is 0.147. The summed E-state index contributed by atoms with van der Waals surface area (Å²) >= 11 is 0. The number of aromatic nitrogens is 5. The van der Waals surface area contributed by atoms with E-state index in [-0.39, 0.29) is 8.56 Å². The van der Waals surface area contributed by atoms with E-state index in [9.17, 15) is 0 Å². The van der Waals surface area contributed by atoms with E-state index in [1.54, 1.807) is 13.3 Å². The number of nitrogens with one attached hydrogen (secondary N) is 2. The molecule has 0 saturated heterocycles. The van der Waals surface area contributed by atoms with Crippen molar-refractivity contribution in [2.24, 2.45) is 28.0 Å².